The number of ether oxygens (including phenoxy) is 3. The normalized spacial score (nSPS) is 12.7. The van der Waals surface area contributed by atoms with Crippen LogP contribution >= 0.6 is 0 Å². The summed E-state index contributed by atoms with van der Waals surface area (Å²) in [6, 6.07) is 7.00. The first kappa shape index (κ1) is 20.1. The van der Waals surface area contributed by atoms with E-state index in [2.05, 4.69) is 0 Å². The summed E-state index contributed by atoms with van der Waals surface area (Å²) in [4.78, 5) is 13.7. The molecule has 1 aromatic carbocycles. The van der Waals surface area contributed by atoms with Gasteiger partial charge in [0.1, 0.15) is 29.8 Å². The molecule has 0 spiro atoms. The highest BCUT2D eigenvalue weighted by molar-refractivity contribution is 5.68. The van der Waals surface area contributed by atoms with Gasteiger partial charge in [-0.1, -0.05) is 0 Å². The van der Waals surface area contributed by atoms with Crippen LogP contribution in [-0.2, 0) is 4.74 Å². The maximum atomic E-state index is 12.2. The molecule has 0 heterocycles. The minimum atomic E-state index is -0.818. The predicted octanol–water partition coefficient (Wildman–Crippen LogP) is 3.08. The first-order chi connectivity index (χ1) is 11.1. The lowest BCUT2D eigenvalue weighted by Gasteiger charge is -2.31. The van der Waals surface area contributed by atoms with Crippen LogP contribution in [-0.4, -0.2) is 54.1 Å². The molecule has 6 heteroatoms. The Kier molecular flexibility index (Phi) is 7.35. The van der Waals surface area contributed by atoms with Crippen LogP contribution in [0.25, 0.3) is 0 Å². The quantitative estimate of drug-likeness (QED) is 0.827. The Bertz CT molecular complexity index is 507. The summed E-state index contributed by atoms with van der Waals surface area (Å²) in [5, 5.41) is 10.2. The summed E-state index contributed by atoms with van der Waals surface area (Å²) >= 11 is 0. The number of amides is 1. The molecule has 136 valence electrons. The average Bonchev–Trinajstić information content (AvgIpc) is 2.49. The molecule has 0 aliphatic rings. The van der Waals surface area contributed by atoms with Gasteiger partial charge in [0.05, 0.1) is 13.7 Å². The van der Waals surface area contributed by atoms with Gasteiger partial charge in [0, 0.05) is 6.04 Å². The molecule has 0 fully saturated rings. The standard InChI is InChI=1S/C18H29NO5/c1-13(2)19(17(21)24-18(3,4)5)11-14(20)12-23-16-9-7-15(22-6)8-10-16/h7-10,13-14,20H,11-12H2,1-6H3. The molecule has 0 saturated heterocycles. The zero-order valence-electron chi connectivity index (χ0n) is 15.4. The number of benzene rings is 1. The molecule has 0 aromatic heterocycles. The molecule has 0 bridgehead atoms. The Morgan fingerprint density at radius 2 is 1.71 bits per heavy atom. The maximum Gasteiger partial charge on any atom is 0.410 e. The first-order valence-electron chi connectivity index (χ1n) is 8.07. The van der Waals surface area contributed by atoms with Crippen molar-refractivity contribution in [2.45, 2.75) is 52.4 Å². The highest BCUT2D eigenvalue weighted by Crippen LogP contribution is 2.17. The monoisotopic (exact) mass is 339 g/mol. The number of hydrogen-bond donors (Lipinski definition) is 1. The predicted molar refractivity (Wildman–Crippen MR) is 92.6 cm³/mol. The molecule has 1 aromatic rings. The number of nitrogens with zero attached hydrogens (tertiary/aromatic N) is 1. The van der Waals surface area contributed by atoms with Crippen LogP contribution in [0.4, 0.5) is 4.79 Å². The van der Waals surface area contributed by atoms with E-state index < -0.39 is 17.8 Å². The van der Waals surface area contributed by atoms with Gasteiger partial charge in [-0.2, -0.15) is 0 Å². The molecule has 1 unspecified atom stereocenters. The zero-order valence-corrected chi connectivity index (χ0v) is 15.4. The summed E-state index contributed by atoms with van der Waals surface area (Å²) in [7, 11) is 1.59. The average molecular weight is 339 g/mol. The molecule has 1 rings (SSSR count). The van der Waals surface area contributed by atoms with Gasteiger partial charge in [-0.25, -0.2) is 4.79 Å². The highest BCUT2D eigenvalue weighted by Gasteiger charge is 2.26. The molecule has 0 saturated carbocycles. The molecular weight excluding hydrogens is 310 g/mol. The van der Waals surface area contributed by atoms with Crippen molar-refractivity contribution in [3.8, 4) is 11.5 Å². The number of methoxy groups -OCH3 is 1. The van der Waals surface area contributed by atoms with Crippen molar-refractivity contribution in [1.29, 1.82) is 0 Å². The fraction of sp³-hybridized carbons (Fsp3) is 0.611. The van der Waals surface area contributed by atoms with Crippen LogP contribution in [0.5, 0.6) is 11.5 Å². The van der Waals surface area contributed by atoms with Crippen molar-refractivity contribution < 1.29 is 24.1 Å². The van der Waals surface area contributed by atoms with Crippen molar-refractivity contribution in [2.75, 3.05) is 20.3 Å². The summed E-state index contributed by atoms with van der Waals surface area (Å²) in [6.07, 6.45) is -1.26. The van der Waals surface area contributed by atoms with Crippen molar-refractivity contribution in [3.63, 3.8) is 0 Å². The van der Waals surface area contributed by atoms with Gasteiger partial charge in [-0.15, -0.1) is 0 Å². The van der Waals surface area contributed by atoms with Gasteiger partial charge in [0.2, 0.25) is 0 Å². The number of rotatable bonds is 7. The number of aliphatic hydroxyl groups is 1. The Balaban J connectivity index is 2.55. The van der Waals surface area contributed by atoms with Gasteiger partial charge in [-0.3, -0.25) is 0 Å². The second-order valence-electron chi connectivity index (χ2n) is 6.87. The van der Waals surface area contributed by atoms with E-state index in [1.807, 2.05) is 34.6 Å². The van der Waals surface area contributed by atoms with Crippen molar-refractivity contribution in [1.82, 2.24) is 4.90 Å². The van der Waals surface area contributed by atoms with E-state index >= 15 is 0 Å². The molecule has 1 amide bonds. The van der Waals surface area contributed by atoms with E-state index in [0.717, 1.165) is 5.75 Å². The Morgan fingerprint density at radius 3 is 2.17 bits per heavy atom. The minimum absolute atomic E-state index is 0.0817. The molecule has 1 atom stereocenters. The molecule has 0 aliphatic carbocycles. The lowest BCUT2D eigenvalue weighted by Crippen LogP contribution is -2.46. The number of carbonyl (C=O) groups excluding carboxylic acids is 1. The maximum absolute atomic E-state index is 12.2. The number of aliphatic hydroxyl groups excluding tert-OH is 1. The highest BCUT2D eigenvalue weighted by atomic mass is 16.6. The van der Waals surface area contributed by atoms with E-state index in [1.54, 1.807) is 31.4 Å². The topological polar surface area (TPSA) is 68.2 Å². The lowest BCUT2D eigenvalue weighted by molar-refractivity contribution is 0.00188. The van der Waals surface area contributed by atoms with Crippen LogP contribution in [0.15, 0.2) is 24.3 Å². The Morgan fingerprint density at radius 1 is 1.17 bits per heavy atom. The molecule has 6 nitrogen and oxygen atoms in total. The van der Waals surface area contributed by atoms with E-state index in [9.17, 15) is 9.90 Å². The Hall–Kier alpha value is -1.95. The third-order valence-corrected chi connectivity index (χ3v) is 3.16. The van der Waals surface area contributed by atoms with Crippen molar-refractivity contribution in [3.05, 3.63) is 24.3 Å². The van der Waals surface area contributed by atoms with Crippen LogP contribution < -0.4 is 9.47 Å². The van der Waals surface area contributed by atoms with E-state index in [-0.39, 0.29) is 19.2 Å². The second kappa shape index (κ2) is 8.78. The lowest BCUT2D eigenvalue weighted by atomic mass is 10.2. The van der Waals surface area contributed by atoms with Crippen molar-refractivity contribution >= 4 is 6.09 Å². The van der Waals surface area contributed by atoms with Crippen LogP contribution in [0, 0.1) is 0 Å². The van der Waals surface area contributed by atoms with Crippen LogP contribution in [0.2, 0.25) is 0 Å². The van der Waals surface area contributed by atoms with E-state index in [4.69, 9.17) is 14.2 Å². The largest absolute Gasteiger partial charge is 0.497 e. The van der Waals surface area contributed by atoms with E-state index in [1.165, 1.54) is 4.90 Å². The third-order valence-electron chi connectivity index (χ3n) is 3.16. The van der Waals surface area contributed by atoms with Crippen LogP contribution in [0.1, 0.15) is 34.6 Å². The summed E-state index contributed by atoms with van der Waals surface area (Å²) in [5.74, 6) is 1.36. The van der Waals surface area contributed by atoms with Gasteiger partial charge in [-0.05, 0) is 58.9 Å². The third kappa shape index (κ3) is 7.08. The molecule has 0 aliphatic heterocycles. The minimum Gasteiger partial charge on any atom is -0.497 e. The summed E-state index contributed by atoms with van der Waals surface area (Å²) in [6.45, 7) is 9.41. The molecule has 0 radical (unpaired) electrons. The summed E-state index contributed by atoms with van der Waals surface area (Å²) < 4.78 is 16.0. The first-order valence-corrected chi connectivity index (χ1v) is 8.07. The Labute approximate surface area is 144 Å². The zero-order chi connectivity index (χ0) is 18.3. The second-order valence-corrected chi connectivity index (χ2v) is 6.87. The fourth-order valence-corrected chi connectivity index (χ4v) is 1.96. The van der Waals surface area contributed by atoms with Gasteiger partial charge < -0.3 is 24.2 Å². The SMILES string of the molecule is COc1ccc(OCC(O)CN(C(=O)OC(C)(C)C)C(C)C)cc1. The fourth-order valence-electron chi connectivity index (χ4n) is 1.96. The summed E-state index contributed by atoms with van der Waals surface area (Å²) in [5.41, 5.74) is -0.575. The van der Waals surface area contributed by atoms with Crippen LogP contribution in [0.3, 0.4) is 0 Å². The van der Waals surface area contributed by atoms with Gasteiger partial charge >= 0.3 is 6.09 Å². The number of carbonyl (C=O) groups is 1. The smallest absolute Gasteiger partial charge is 0.410 e. The van der Waals surface area contributed by atoms with E-state index in [0.29, 0.717) is 5.75 Å². The van der Waals surface area contributed by atoms with Crippen molar-refractivity contribution in [2.24, 2.45) is 0 Å². The van der Waals surface area contributed by atoms with Gasteiger partial charge in [0.25, 0.3) is 0 Å². The number of hydrogen-bond acceptors (Lipinski definition) is 5. The molecular formula is C18H29NO5. The molecule has 1 N–H and O–H groups in total. The molecule has 24 heavy (non-hydrogen) atoms. The van der Waals surface area contributed by atoms with Gasteiger partial charge in [0.15, 0.2) is 0 Å².